The van der Waals surface area contributed by atoms with Crippen LogP contribution in [0.5, 0.6) is 11.5 Å². The molecule has 1 aromatic rings. The number of nitrogens with one attached hydrogen (secondary N) is 1. The third-order valence-corrected chi connectivity index (χ3v) is 2.68. The first-order valence-corrected chi connectivity index (χ1v) is 6.65. The van der Waals surface area contributed by atoms with Crippen molar-refractivity contribution in [3.8, 4) is 17.6 Å². The highest BCUT2D eigenvalue weighted by Gasteiger charge is 2.05. The van der Waals surface area contributed by atoms with Crippen molar-refractivity contribution in [1.82, 2.24) is 5.32 Å². The minimum atomic E-state index is 0.0167. The maximum absolute atomic E-state index is 8.54. The van der Waals surface area contributed by atoms with Crippen LogP contribution in [0.2, 0.25) is 0 Å². The van der Waals surface area contributed by atoms with Crippen molar-refractivity contribution in [3.63, 3.8) is 0 Å². The lowest BCUT2D eigenvalue weighted by molar-refractivity contribution is 0.329. The minimum Gasteiger partial charge on any atom is -0.493 e. The topological polar surface area (TPSA) is 54.3 Å². The van der Waals surface area contributed by atoms with Crippen molar-refractivity contribution in [1.29, 1.82) is 5.26 Å². The van der Waals surface area contributed by atoms with Gasteiger partial charge in [-0.2, -0.15) is 5.26 Å². The molecule has 0 aliphatic rings. The van der Waals surface area contributed by atoms with E-state index >= 15 is 0 Å². The Morgan fingerprint density at radius 2 is 2.15 bits per heavy atom. The summed E-state index contributed by atoms with van der Waals surface area (Å²) in [7, 11) is 1.59. The second-order valence-corrected chi connectivity index (χ2v) is 4.88. The van der Waals surface area contributed by atoms with Crippen LogP contribution in [0.1, 0.15) is 26.3 Å². The maximum Gasteiger partial charge on any atom is 0.174 e. The van der Waals surface area contributed by atoms with E-state index in [-0.39, 0.29) is 6.61 Å². The average Bonchev–Trinajstić information content (AvgIpc) is 2.43. The second-order valence-electron chi connectivity index (χ2n) is 4.88. The molecule has 4 nitrogen and oxygen atoms in total. The second kappa shape index (κ2) is 8.23. The Morgan fingerprint density at radius 3 is 2.75 bits per heavy atom. The maximum atomic E-state index is 8.54. The van der Waals surface area contributed by atoms with E-state index in [1.54, 1.807) is 7.11 Å². The molecule has 0 aliphatic carbocycles. The van der Waals surface area contributed by atoms with E-state index in [0.29, 0.717) is 17.5 Å². The Kier molecular flexibility index (Phi) is 6.61. The molecule has 0 saturated carbocycles. The average molecular weight is 274 g/mol. The van der Waals surface area contributed by atoms with Crippen molar-refractivity contribution >= 4 is 6.08 Å². The predicted molar refractivity (Wildman–Crippen MR) is 80.9 cm³/mol. The molecule has 0 bridgehead atoms. The van der Waals surface area contributed by atoms with Crippen molar-refractivity contribution in [2.45, 2.75) is 26.8 Å². The number of rotatable bonds is 7. The number of hydrogen-bond donors (Lipinski definition) is 1. The van der Waals surface area contributed by atoms with E-state index < -0.39 is 0 Å². The molecule has 4 heteroatoms. The van der Waals surface area contributed by atoms with Crippen LogP contribution in [0, 0.1) is 11.3 Å². The molecular formula is C16H22N2O2. The van der Waals surface area contributed by atoms with Crippen LogP contribution < -0.4 is 14.8 Å². The van der Waals surface area contributed by atoms with Crippen LogP contribution >= 0.6 is 0 Å². The van der Waals surface area contributed by atoms with E-state index in [4.69, 9.17) is 14.7 Å². The van der Waals surface area contributed by atoms with Gasteiger partial charge in [-0.3, -0.25) is 0 Å². The summed E-state index contributed by atoms with van der Waals surface area (Å²) in [4.78, 5) is 0. The van der Waals surface area contributed by atoms with Gasteiger partial charge in [0.05, 0.1) is 7.11 Å². The Morgan fingerprint density at radius 1 is 1.40 bits per heavy atom. The van der Waals surface area contributed by atoms with Gasteiger partial charge in [0.25, 0.3) is 0 Å². The molecule has 0 radical (unpaired) electrons. The van der Waals surface area contributed by atoms with Gasteiger partial charge in [-0.25, -0.2) is 0 Å². The van der Waals surface area contributed by atoms with Gasteiger partial charge in [-0.15, -0.1) is 0 Å². The molecule has 0 amide bonds. The van der Waals surface area contributed by atoms with E-state index in [2.05, 4.69) is 32.2 Å². The summed E-state index contributed by atoms with van der Waals surface area (Å²) in [5.41, 5.74) is 2.29. The molecule has 0 spiro atoms. The van der Waals surface area contributed by atoms with Gasteiger partial charge in [-0.05, 0) is 24.6 Å². The van der Waals surface area contributed by atoms with Crippen molar-refractivity contribution in [2.24, 2.45) is 0 Å². The molecule has 0 atom stereocenters. The fourth-order valence-corrected chi connectivity index (χ4v) is 1.70. The summed E-state index contributed by atoms with van der Waals surface area (Å²) in [5.74, 6) is 1.22. The number of ether oxygens (including phenoxy) is 2. The largest absolute Gasteiger partial charge is 0.493 e. The number of nitrogens with zero attached hydrogens (tertiary/aromatic N) is 1. The lowest BCUT2D eigenvalue weighted by Gasteiger charge is -2.10. The predicted octanol–water partition coefficient (Wildman–Crippen LogP) is 3.00. The zero-order valence-corrected chi connectivity index (χ0v) is 12.6. The minimum absolute atomic E-state index is 0.0167. The third kappa shape index (κ3) is 5.33. The highest BCUT2D eigenvalue weighted by molar-refractivity contribution is 5.58. The highest BCUT2D eigenvalue weighted by Crippen LogP contribution is 2.28. The van der Waals surface area contributed by atoms with Gasteiger partial charge in [0, 0.05) is 12.6 Å². The Labute approximate surface area is 121 Å². The summed E-state index contributed by atoms with van der Waals surface area (Å²) >= 11 is 0. The van der Waals surface area contributed by atoms with Crippen LogP contribution in [0.15, 0.2) is 23.8 Å². The Bertz CT molecular complexity index is 502. The third-order valence-electron chi connectivity index (χ3n) is 2.68. The Balaban J connectivity index is 2.81. The van der Waals surface area contributed by atoms with Crippen LogP contribution in [0.3, 0.4) is 0 Å². The standard InChI is InChI=1S/C16H22N2O2/c1-12(2)18-11-13(3)9-14-5-6-15(20-8-7-17)16(10-14)19-4/h5-6,9-10,12,18H,8,11H2,1-4H3. The first kappa shape index (κ1) is 16.1. The van der Waals surface area contributed by atoms with Gasteiger partial charge in [0.15, 0.2) is 18.1 Å². The molecule has 1 rings (SSSR count). The molecule has 1 aromatic carbocycles. The van der Waals surface area contributed by atoms with Crippen molar-refractivity contribution in [3.05, 3.63) is 29.3 Å². The number of benzene rings is 1. The number of nitriles is 1. The van der Waals surface area contributed by atoms with E-state index in [1.165, 1.54) is 5.57 Å². The number of methoxy groups -OCH3 is 1. The van der Waals surface area contributed by atoms with Crippen molar-refractivity contribution in [2.75, 3.05) is 20.3 Å². The number of hydrogen-bond acceptors (Lipinski definition) is 4. The van der Waals surface area contributed by atoms with E-state index in [9.17, 15) is 0 Å². The van der Waals surface area contributed by atoms with Gasteiger partial charge < -0.3 is 14.8 Å². The van der Waals surface area contributed by atoms with Gasteiger partial charge in [-0.1, -0.05) is 31.6 Å². The van der Waals surface area contributed by atoms with E-state index in [1.807, 2.05) is 24.3 Å². The van der Waals surface area contributed by atoms with Gasteiger partial charge >= 0.3 is 0 Å². The van der Waals surface area contributed by atoms with Gasteiger partial charge in [0.2, 0.25) is 0 Å². The molecule has 0 heterocycles. The fraction of sp³-hybridized carbons (Fsp3) is 0.438. The Hall–Kier alpha value is -1.99. The summed E-state index contributed by atoms with van der Waals surface area (Å²) in [6, 6.07) is 8.10. The molecule has 108 valence electrons. The fourth-order valence-electron chi connectivity index (χ4n) is 1.70. The first-order chi connectivity index (χ1) is 9.56. The van der Waals surface area contributed by atoms with Crippen LogP contribution in [-0.4, -0.2) is 26.3 Å². The summed E-state index contributed by atoms with van der Waals surface area (Å²) in [6.45, 7) is 7.20. The first-order valence-electron chi connectivity index (χ1n) is 6.65. The molecule has 1 N–H and O–H groups in total. The van der Waals surface area contributed by atoms with Crippen molar-refractivity contribution < 1.29 is 9.47 Å². The molecule has 20 heavy (non-hydrogen) atoms. The quantitative estimate of drug-likeness (QED) is 0.830. The smallest absolute Gasteiger partial charge is 0.174 e. The van der Waals surface area contributed by atoms with Crippen LogP contribution in [0.25, 0.3) is 6.08 Å². The molecule has 0 fully saturated rings. The van der Waals surface area contributed by atoms with Crippen LogP contribution in [0.4, 0.5) is 0 Å². The van der Waals surface area contributed by atoms with Gasteiger partial charge in [0.1, 0.15) is 6.07 Å². The highest BCUT2D eigenvalue weighted by atomic mass is 16.5. The molecule has 0 unspecified atom stereocenters. The molecular weight excluding hydrogens is 252 g/mol. The lowest BCUT2D eigenvalue weighted by atomic mass is 10.1. The lowest BCUT2D eigenvalue weighted by Crippen LogP contribution is -2.24. The van der Waals surface area contributed by atoms with Crippen LogP contribution in [-0.2, 0) is 0 Å². The zero-order valence-electron chi connectivity index (χ0n) is 12.6. The SMILES string of the molecule is COc1cc(C=C(C)CNC(C)C)ccc1OCC#N. The normalized spacial score (nSPS) is 11.3. The molecule has 0 saturated heterocycles. The summed E-state index contributed by atoms with van der Waals surface area (Å²) in [6.07, 6.45) is 2.10. The monoisotopic (exact) mass is 274 g/mol. The molecule has 0 aromatic heterocycles. The summed E-state index contributed by atoms with van der Waals surface area (Å²) in [5, 5.41) is 11.9. The summed E-state index contributed by atoms with van der Waals surface area (Å²) < 4.78 is 10.6. The molecule has 0 aliphatic heterocycles. The van der Waals surface area contributed by atoms with E-state index in [0.717, 1.165) is 12.1 Å². The zero-order chi connectivity index (χ0) is 15.0.